The van der Waals surface area contributed by atoms with E-state index in [0.29, 0.717) is 34.7 Å². The molecule has 3 aromatic carbocycles. The average Bonchev–Trinajstić information content (AvgIpc) is 2.79. The van der Waals surface area contributed by atoms with Crippen LogP contribution in [0.2, 0.25) is 5.02 Å². The largest absolute Gasteiger partial charge is 0.491 e. The molecule has 1 N–H and O–H groups in total. The van der Waals surface area contributed by atoms with Crippen molar-refractivity contribution in [1.82, 2.24) is 4.98 Å². The van der Waals surface area contributed by atoms with Crippen LogP contribution in [0.5, 0.6) is 11.5 Å². The zero-order valence-electron chi connectivity index (χ0n) is 16.5. The van der Waals surface area contributed by atoms with Crippen LogP contribution in [-0.4, -0.2) is 12.1 Å². The molecule has 1 aromatic heterocycles. The van der Waals surface area contributed by atoms with Crippen LogP contribution >= 0.6 is 11.6 Å². The van der Waals surface area contributed by atoms with Gasteiger partial charge in [0, 0.05) is 16.6 Å². The highest BCUT2D eigenvalue weighted by Gasteiger charge is 2.17. The molecule has 0 radical (unpaired) electrons. The summed E-state index contributed by atoms with van der Waals surface area (Å²) in [6.45, 7) is 0.361. The van der Waals surface area contributed by atoms with Crippen molar-refractivity contribution in [2.75, 3.05) is 12.4 Å². The van der Waals surface area contributed by atoms with Gasteiger partial charge in [-0.15, -0.1) is 0 Å². The topological polar surface area (TPSA) is 67.2 Å². The molecule has 0 unspecified atom stereocenters. The Morgan fingerprint density at radius 1 is 1.13 bits per heavy atom. The Morgan fingerprint density at radius 3 is 2.65 bits per heavy atom. The van der Waals surface area contributed by atoms with Gasteiger partial charge >= 0.3 is 0 Å². The summed E-state index contributed by atoms with van der Waals surface area (Å²) in [7, 11) is 1.52. The highest BCUT2D eigenvalue weighted by atomic mass is 35.5. The zero-order chi connectivity index (χ0) is 21.8. The van der Waals surface area contributed by atoms with Gasteiger partial charge in [0.15, 0.2) is 11.5 Å². The first-order chi connectivity index (χ1) is 15.1. The van der Waals surface area contributed by atoms with E-state index in [1.165, 1.54) is 25.4 Å². The Hall–Kier alpha value is -3.82. The Kier molecular flexibility index (Phi) is 5.87. The molecular weight excluding hydrogens is 417 g/mol. The van der Waals surface area contributed by atoms with Crippen LogP contribution in [0.15, 0.2) is 66.9 Å². The molecule has 154 valence electrons. The van der Waals surface area contributed by atoms with Gasteiger partial charge in [-0.25, -0.2) is 4.39 Å². The van der Waals surface area contributed by atoms with Gasteiger partial charge in [0.25, 0.3) is 0 Å². The minimum atomic E-state index is -0.531. The Bertz CT molecular complexity index is 1290. The summed E-state index contributed by atoms with van der Waals surface area (Å²) < 4.78 is 25.9. The Balaban J connectivity index is 1.76. The maximum absolute atomic E-state index is 14.4. The number of hydrogen-bond donors (Lipinski definition) is 1. The molecule has 0 fully saturated rings. The number of ether oxygens (including phenoxy) is 2. The van der Waals surface area contributed by atoms with Crippen LogP contribution in [0.3, 0.4) is 0 Å². The van der Waals surface area contributed by atoms with E-state index in [2.05, 4.69) is 16.4 Å². The van der Waals surface area contributed by atoms with E-state index in [1.54, 1.807) is 18.2 Å². The third-order valence-corrected chi connectivity index (χ3v) is 4.94. The second-order valence-corrected chi connectivity index (χ2v) is 7.11. The highest BCUT2D eigenvalue weighted by molar-refractivity contribution is 6.30. The number of benzene rings is 3. The molecule has 5 nitrogen and oxygen atoms in total. The second kappa shape index (κ2) is 8.90. The minimum absolute atomic E-state index is 0.191. The SMILES string of the molecule is COc1c(OCc2ccccc2)ccc2c(Nc3ccc(Cl)cc3F)c(C#N)cnc12. The number of halogens is 2. The molecule has 4 aromatic rings. The van der Waals surface area contributed by atoms with E-state index < -0.39 is 5.82 Å². The molecule has 0 aliphatic rings. The fraction of sp³-hybridized carbons (Fsp3) is 0.0833. The molecular formula is C24H17ClFN3O2. The van der Waals surface area contributed by atoms with Crippen molar-refractivity contribution in [2.24, 2.45) is 0 Å². The summed E-state index contributed by atoms with van der Waals surface area (Å²) in [5.74, 6) is 0.411. The van der Waals surface area contributed by atoms with Gasteiger partial charge in [-0.05, 0) is 35.9 Å². The number of pyridine rings is 1. The van der Waals surface area contributed by atoms with Crippen LogP contribution in [0, 0.1) is 17.1 Å². The maximum Gasteiger partial charge on any atom is 0.187 e. The van der Waals surface area contributed by atoms with Gasteiger partial charge in [0.2, 0.25) is 0 Å². The quantitative estimate of drug-likeness (QED) is 0.390. The van der Waals surface area contributed by atoms with Crippen molar-refractivity contribution in [1.29, 1.82) is 5.26 Å². The van der Waals surface area contributed by atoms with Crippen LogP contribution in [0.25, 0.3) is 10.9 Å². The van der Waals surface area contributed by atoms with E-state index in [0.717, 1.165) is 5.56 Å². The molecule has 31 heavy (non-hydrogen) atoms. The van der Waals surface area contributed by atoms with Crippen molar-refractivity contribution in [3.8, 4) is 17.6 Å². The summed E-state index contributed by atoms with van der Waals surface area (Å²) in [4.78, 5) is 4.39. The second-order valence-electron chi connectivity index (χ2n) is 6.68. The molecule has 0 saturated carbocycles. The van der Waals surface area contributed by atoms with E-state index >= 15 is 0 Å². The number of fused-ring (bicyclic) bond motifs is 1. The lowest BCUT2D eigenvalue weighted by Gasteiger charge is -2.16. The number of rotatable bonds is 6. The van der Waals surface area contributed by atoms with Crippen molar-refractivity contribution in [3.05, 3.63) is 88.8 Å². The van der Waals surface area contributed by atoms with Crippen molar-refractivity contribution in [3.63, 3.8) is 0 Å². The fourth-order valence-electron chi connectivity index (χ4n) is 3.21. The fourth-order valence-corrected chi connectivity index (χ4v) is 3.37. The predicted molar refractivity (Wildman–Crippen MR) is 118 cm³/mol. The molecule has 0 aliphatic carbocycles. The monoisotopic (exact) mass is 433 g/mol. The Morgan fingerprint density at radius 2 is 1.94 bits per heavy atom. The molecule has 0 spiro atoms. The van der Waals surface area contributed by atoms with Crippen LogP contribution in [0.1, 0.15) is 11.1 Å². The molecule has 1 heterocycles. The van der Waals surface area contributed by atoms with Crippen molar-refractivity contribution < 1.29 is 13.9 Å². The lowest BCUT2D eigenvalue weighted by Crippen LogP contribution is -2.02. The van der Waals surface area contributed by atoms with Crippen molar-refractivity contribution in [2.45, 2.75) is 6.61 Å². The standard InChI is InChI=1S/C24H17ClFN3O2/c1-30-24-21(31-14-15-5-3-2-4-6-15)10-8-18-22(16(12-27)13-28-23(18)24)29-20-9-7-17(25)11-19(20)26/h2-11,13H,14H2,1H3,(H,28,29). The number of nitrogens with zero attached hydrogens (tertiary/aromatic N) is 2. The first-order valence-electron chi connectivity index (χ1n) is 9.39. The minimum Gasteiger partial charge on any atom is -0.491 e. The van der Waals surface area contributed by atoms with Gasteiger partial charge in [-0.3, -0.25) is 4.98 Å². The number of nitrogens with one attached hydrogen (secondary N) is 1. The lowest BCUT2D eigenvalue weighted by molar-refractivity contribution is 0.286. The normalized spacial score (nSPS) is 10.5. The van der Waals surface area contributed by atoms with Crippen molar-refractivity contribution >= 4 is 33.9 Å². The smallest absolute Gasteiger partial charge is 0.187 e. The summed E-state index contributed by atoms with van der Waals surface area (Å²) in [5.41, 5.74) is 2.38. The predicted octanol–water partition coefficient (Wildman–Crippen LogP) is 6.23. The van der Waals surface area contributed by atoms with Gasteiger partial charge in [-0.1, -0.05) is 41.9 Å². The number of anilines is 2. The number of methoxy groups -OCH3 is 1. The van der Waals surface area contributed by atoms with E-state index in [4.69, 9.17) is 21.1 Å². The maximum atomic E-state index is 14.4. The van der Waals surface area contributed by atoms with Gasteiger partial charge in [-0.2, -0.15) is 5.26 Å². The number of hydrogen-bond acceptors (Lipinski definition) is 5. The third-order valence-electron chi connectivity index (χ3n) is 4.71. The van der Waals surface area contributed by atoms with Crippen LogP contribution < -0.4 is 14.8 Å². The van der Waals surface area contributed by atoms with E-state index in [1.807, 2.05) is 30.3 Å². The Labute approximate surface area is 183 Å². The van der Waals surface area contributed by atoms with E-state index in [-0.39, 0.29) is 16.3 Å². The molecule has 0 aliphatic heterocycles. The number of aromatic nitrogens is 1. The van der Waals surface area contributed by atoms with Gasteiger partial charge in [0.1, 0.15) is 24.0 Å². The van der Waals surface area contributed by atoms with Crippen LogP contribution in [-0.2, 0) is 6.61 Å². The third kappa shape index (κ3) is 4.23. The van der Waals surface area contributed by atoms with Crippen LogP contribution in [0.4, 0.5) is 15.8 Å². The highest BCUT2D eigenvalue weighted by Crippen LogP contribution is 2.39. The van der Waals surface area contributed by atoms with Gasteiger partial charge in [0.05, 0.1) is 24.0 Å². The molecule has 4 rings (SSSR count). The first-order valence-corrected chi connectivity index (χ1v) is 9.77. The molecule has 0 saturated heterocycles. The molecule has 7 heteroatoms. The molecule has 0 atom stereocenters. The first kappa shape index (κ1) is 20.5. The molecule has 0 amide bonds. The summed E-state index contributed by atoms with van der Waals surface area (Å²) in [6, 6.07) is 19.6. The zero-order valence-corrected chi connectivity index (χ0v) is 17.3. The van der Waals surface area contributed by atoms with E-state index in [9.17, 15) is 9.65 Å². The average molecular weight is 434 g/mol. The number of nitriles is 1. The molecule has 0 bridgehead atoms. The van der Waals surface area contributed by atoms with Gasteiger partial charge < -0.3 is 14.8 Å². The summed E-state index contributed by atoms with van der Waals surface area (Å²) in [5, 5.41) is 13.4. The lowest BCUT2D eigenvalue weighted by atomic mass is 10.1. The summed E-state index contributed by atoms with van der Waals surface area (Å²) >= 11 is 5.84. The summed E-state index contributed by atoms with van der Waals surface area (Å²) in [6.07, 6.45) is 1.42.